The number of ether oxygens (including phenoxy) is 4. The molecule has 176 valence electrons. The summed E-state index contributed by atoms with van der Waals surface area (Å²) >= 11 is 0. The molecular weight excluding hydrogens is 444 g/mol. The van der Waals surface area contributed by atoms with Crippen molar-refractivity contribution < 1.29 is 28.5 Å². The van der Waals surface area contributed by atoms with E-state index in [2.05, 4.69) is 37.4 Å². The number of aryl methyl sites for hydroxylation is 1. The van der Waals surface area contributed by atoms with Crippen LogP contribution in [0.1, 0.15) is 5.56 Å². The van der Waals surface area contributed by atoms with Crippen molar-refractivity contribution in [1.82, 2.24) is 0 Å². The summed E-state index contributed by atoms with van der Waals surface area (Å²) in [6.45, 7) is 8.58. The minimum atomic E-state index is -0.552. The molecule has 0 aliphatic heterocycles. The highest BCUT2D eigenvalue weighted by Gasteiger charge is 2.05. The third-order valence-corrected chi connectivity index (χ3v) is 4.79. The zero-order valence-corrected chi connectivity index (χ0v) is 19.2. The zero-order valence-electron chi connectivity index (χ0n) is 19.2. The Hall–Kier alpha value is -4.84. The Kier molecular flexibility index (Phi) is 8.79. The Balaban J connectivity index is 1.61. The van der Waals surface area contributed by atoms with Crippen molar-refractivity contribution in [2.75, 3.05) is 0 Å². The van der Waals surface area contributed by atoms with Crippen molar-refractivity contribution in [3.63, 3.8) is 0 Å². The molecule has 3 aromatic carbocycles. The molecule has 0 aliphatic rings. The maximum absolute atomic E-state index is 11.0. The van der Waals surface area contributed by atoms with Gasteiger partial charge in [-0.15, -0.1) is 0 Å². The van der Waals surface area contributed by atoms with E-state index in [0.717, 1.165) is 46.2 Å². The first-order valence-corrected chi connectivity index (χ1v) is 10.6. The summed E-state index contributed by atoms with van der Waals surface area (Å²) in [6, 6.07) is 21.6. The molecule has 0 saturated heterocycles. The van der Waals surface area contributed by atoms with Crippen LogP contribution in [0.25, 0.3) is 22.3 Å². The third kappa shape index (κ3) is 7.33. The van der Waals surface area contributed by atoms with Gasteiger partial charge in [0.15, 0.2) is 0 Å². The van der Waals surface area contributed by atoms with E-state index in [0.29, 0.717) is 11.5 Å². The van der Waals surface area contributed by atoms with Crippen molar-refractivity contribution >= 4 is 11.9 Å². The SMILES string of the molecule is C=CC(=O)O/C=C\Oc1ccc(-c2ccc(-c3ccc(O/C=C\OC(=O)C=C)c(C)c3)cc2)cc1. The van der Waals surface area contributed by atoms with Gasteiger partial charge in [0.05, 0.1) is 0 Å². The zero-order chi connectivity index (χ0) is 25.0. The predicted molar refractivity (Wildman–Crippen MR) is 134 cm³/mol. The number of esters is 2. The maximum Gasteiger partial charge on any atom is 0.335 e. The normalized spacial score (nSPS) is 10.7. The Morgan fingerprint density at radius 1 is 0.629 bits per heavy atom. The fourth-order valence-electron chi connectivity index (χ4n) is 3.04. The molecule has 0 bridgehead atoms. The second kappa shape index (κ2) is 12.4. The van der Waals surface area contributed by atoms with E-state index >= 15 is 0 Å². The molecule has 0 N–H and O–H groups in total. The fraction of sp³-hybridized carbons (Fsp3) is 0.0345. The van der Waals surface area contributed by atoms with Crippen molar-refractivity contribution in [3.8, 4) is 33.8 Å². The lowest BCUT2D eigenvalue weighted by molar-refractivity contribution is -0.133. The standard InChI is InChI=1S/C29H24O6/c1-4-28(30)34-18-16-32-26-13-10-23(11-14-26)22-6-8-24(9-7-22)25-12-15-27(21(3)20-25)33-17-19-35-29(31)5-2/h4-20H,1-2H2,3H3/b18-16-,19-17-. The molecule has 0 atom stereocenters. The topological polar surface area (TPSA) is 71.1 Å². The van der Waals surface area contributed by atoms with Crippen LogP contribution in [0.3, 0.4) is 0 Å². The Morgan fingerprint density at radius 3 is 1.60 bits per heavy atom. The molecule has 0 heterocycles. The number of rotatable bonds is 10. The second-order valence-corrected chi connectivity index (χ2v) is 7.14. The van der Waals surface area contributed by atoms with Gasteiger partial charge < -0.3 is 18.9 Å². The summed E-state index contributed by atoms with van der Waals surface area (Å²) in [5.74, 6) is 0.171. The summed E-state index contributed by atoms with van der Waals surface area (Å²) in [6.07, 6.45) is 7.08. The van der Waals surface area contributed by atoms with Gasteiger partial charge in [-0.2, -0.15) is 0 Å². The highest BCUT2D eigenvalue weighted by atomic mass is 16.5. The van der Waals surface area contributed by atoms with Crippen LogP contribution in [0.15, 0.2) is 117 Å². The summed E-state index contributed by atoms with van der Waals surface area (Å²) < 4.78 is 20.4. The Labute approximate surface area is 204 Å². The van der Waals surface area contributed by atoms with Gasteiger partial charge in [0, 0.05) is 12.2 Å². The van der Waals surface area contributed by atoms with Crippen LogP contribution in [0.5, 0.6) is 11.5 Å². The van der Waals surface area contributed by atoms with Crippen molar-refractivity contribution in [1.29, 1.82) is 0 Å². The van der Waals surface area contributed by atoms with Gasteiger partial charge in [0.2, 0.25) is 0 Å². The lowest BCUT2D eigenvalue weighted by atomic mass is 9.99. The van der Waals surface area contributed by atoms with Gasteiger partial charge in [0.25, 0.3) is 0 Å². The van der Waals surface area contributed by atoms with Gasteiger partial charge >= 0.3 is 11.9 Å². The van der Waals surface area contributed by atoms with E-state index < -0.39 is 11.9 Å². The maximum atomic E-state index is 11.0. The van der Waals surface area contributed by atoms with E-state index in [1.54, 1.807) is 0 Å². The van der Waals surface area contributed by atoms with E-state index in [4.69, 9.17) is 18.9 Å². The lowest BCUT2D eigenvalue weighted by Gasteiger charge is -2.09. The molecular formula is C29H24O6. The summed E-state index contributed by atoms with van der Waals surface area (Å²) in [7, 11) is 0. The first-order chi connectivity index (χ1) is 17.0. The van der Waals surface area contributed by atoms with Gasteiger partial charge in [-0.3, -0.25) is 0 Å². The third-order valence-electron chi connectivity index (χ3n) is 4.79. The molecule has 0 amide bonds. The fourth-order valence-corrected chi connectivity index (χ4v) is 3.04. The summed E-state index contributed by atoms with van der Waals surface area (Å²) in [4.78, 5) is 22.0. The quantitative estimate of drug-likeness (QED) is 0.192. The van der Waals surface area contributed by atoms with E-state index in [-0.39, 0.29) is 0 Å². The van der Waals surface area contributed by atoms with Crippen LogP contribution in [-0.2, 0) is 19.1 Å². The molecule has 6 nitrogen and oxygen atoms in total. The van der Waals surface area contributed by atoms with Crippen LogP contribution in [0.4, 0.5) is 0 Å². The second-order valence-electron chi connectivity index (χ2n) is 7.14. The first-order valence-electron chi connectivity index (χ1n) is 10.6. The summed E-state index contributed by atoms with van der Waals surface area (Å²) in [5, 5.41) is 0. The molecule has 3 aromatic rings. The summed E-state index contributed by atoms with van der Waals surface area (Å²) in [5.41, 5.74) is 5.16. The van der Waals surface area contributed by atoms with Gasteiger partial charge in [0.1, 0.15) is 36.5 Å². The van der Waals surface area contributed by atoms with Crippen LogP contribution in [0.2, 0.25) is 0 Å². The minimum absolute atomic E-state index is 0.550. The van der Waals surface area contributed by atoms with E-state index in [1.807, 2.05) is 49.4 Å². The van der Waals surface area contributed by atoms with Crippen LogP contribution in [0, 0.1) is 6.92 Å². The number of hydrogen-bond donors (Lipinski definition) is 0. The van der Waals surface area contributed by atoms with Crippen molar-refractivity contribution in [2.24, 2.45) is 0 Å². The molecule has 0 aliphatic carbocycles. The molecule has 0 saturated carbocycles. The Morgan fingerprint density at radius 2 is 1.09 bits per heavy atom. The largest absolute Gasteiger partial charge is 0.462 e. The van der Waals surface area contributed by atoms with Crippen molar-refractivity contribution in [2.45, 2.75) is 6.92 Å². The average molecular weight is 469 g/mol. The number of hydrogen-bond acceptors (Lipinski definition) is 6. The molecule has 3 rings (SSSR count). The number of carbonyl (C=O) groups is 2. The molecule has 0 radical (unpaired) electrons. The lowest BCUT2D eigenvalue weighted by Crippen LogP contribution is -1.93. The van der Waals surface area contributed by atoms with Gasteiger partial charge in [-0.05, 0) is 59.0 Å². The Bertz CT molecular complexity index is 1250. The molecule has 0 unspecified atom stereocenters. The number of carbonyl (C=O) groups excluding carboxylic acids is 2. The molecule has 35 heavy (non-hydrogen) atoms. The van der Waals surface area contributed by atoms with Gasteiger partial charge in [-0.25, -0.2) is 9.59 Å². The molecule has 0 aromatic heterocycles. The highest BCUT2D eigenvalue weighted by molar-refractivity contribution is 5.82. The van der Waals surface area contributed by atoms with E-state index in [9.17, 15) is 9.59 Å². The van der Waals surface area contributed by atoms with Crippen molar-refractivity contribution in [3.05, 3.63) is 123 Å². The van der Waals surface area contributed by atoms with Gasteiger partial charge in [-0.1, -0.05) is 55.6 Å². The molecule has 0 fully saturated rings. The highest BCUT2D eigenvalue weighted by Crippen LogP contribution is 2.29. The smallest absolute Gasteiger partial charge is 0.335 e. The van der Waals surface area contributed by atoms with Crippen LogP contribution >= 0.6 is 0 Å². The van der Waals surface area contributed by atoms with E-state index in [1.165, 1.54) is 18.8 Å². The monoisotopic (exact) mass is 468 g/mol. The number of benzene rings is 3. The van der Waals surface area contributed by atoms with Crippen LogP contribution < -0.4 is 9.47 Å². The van der Waals surface area contributed by atoms with Crippen LogP contribution in [-0.4, -0.2) is 11.9 Å². The minimum Gasteiger partial charge on any atom is -0.462 e. The predicted octanol–water partition coefficient (Wildman–Crippen LogP) is 6.49. The molecule has 6 heteroatoms. The molecule has 0 spiro atoms. The average Bonchev–Trinajstić information content (AvgIpc) is 2.90. The first kappa shape index (κ1) is 24.8.